The van der Waals surface area contributed by atoms with Gasteiger partial charge < -0.3 is 10.1 Å². The first-order valence-corrected chi connectivity index (χ1v) is 5.46. The molecule has 0 unspecified atom stereocenters. The molecule has 6 heteroatoms. The van der Waals surface area contributed by atoms with Crippen LogP contribution in [0.5, 0.6) is 0 Å². The minimum absolute atomic E-state index is 0. The van der Waals surface area contributed by atoms with E-state index in [2.05, 4.69) is 10.2 Å². The molecule has 2 aliphatic rings. The molecule has 2 rings (SSSR count). The Labute approximate surface area is 117 Å². The Morgan fingerprint density at radius 1 is 1.00 bits per heavy atom. The molecule has 100 valence electrons. The molecule has 0 aromatic carbocycles. The van der Waals surface area contributed by atoms with E-state index in [-0.39, 0.29) is 37.2 Å². The molecule has 16 heavy (non-hydrogen) atoms. The minimum Gasteiger partial charge on any atom is -0.379 e. The summed E-state index contributed by atoms with van der Waals surface area (Å²) < 4.78 is 5.33. The Hall–Kier alpha value is 0.750. The summed E-state index contributed by atoms with van der Waals surface area (Å²) >= 11 is 0. The van der Waals surface area contributed by atoms with Crippen molar-refractivity contribution in [1.82, 2.24) is 10.2 Å². The standard InChI is InChI=1S/C10H20N2O.3ClH/c1-3-11-4-2-10(1)9-12-5-7-13-8-6-12;;;/h10-11H,1-9H2;3*1H. The third-order valence-electron chi connectivity index (χ3n) is 3.08. The van der Waals surface area contributed by atoms with Crippen molar-refractivity contribution in [3.63, 3.8) is 0 Å². The van der Waals surface area contributed by atoms with Crippen molar-refractivity contribution >= 4 is 37.2 Å². The van der Waals surface area contributed by atoms with E-state index in [4.69, 9.17) is 4.74 Å². The van der Waals surface area contributed by atoms with Gasteiger partial charge in [0.25, 0.3) is 0 Å². The summed E-state index contributed by atoms with van der Waals surface area (Å²) in [6, 6.07) is 0. The highest BCUT2D eigenvalue weighted by atomic mass is 35.5. The number of nitrogens with one attached hydrogen (secondary N) is 1. The van der Waals surface area contributed by atoms with Crippen LogP contribution in [0.1, 0.15) is 12.8 Å². The Morgan fingerprint density at radius 3 is 2.12 bits per heavy atom. The summed E-state index contributed by atoms with van der Waals surface area (Å²) in [5, 5.41) is 3.41. The number of nitrogens with zero attached hydrogens (tertiary/aromatic N) is 1. The fourth-order valence-electron chi connectivity index (χ4n) is 2.21. The van der Waals surface area contributed by atoms with E-state index in [0.717, 1.165) is 32.2 Å². The Balaban J connectivity index is 0. The van der Waals surface area contributed by atoms with Gasteiger partial charge in [-0.15, -0.1) is 37.2 Å². The number of hydrogen-bond acceptors (Lipinski definition) is 3. The maximum atomic E-state index is 5.33. The lowest BCUT2D eigenvalue weighted by Gasteiger charge is -2.32. The molecule has 2 saturated heterocycles. The summed E-state index contributed by atoms with van der Waals surface area (Å²) in [6.45, 7) is 7.89. The predicted octanol–water partition coefficient (Wildman–Crippen LogP) is 1.58. The third-order valence-corrected chi connectivity index (χ3v) is 3.08. The zero-order valence-corrected chi connectivity index (χ0v) is 12.0. The van der Waals surface area contributed by atoms with E-state index >= 15 is 0 Å². The number of ether oxygens (including phenoxy) is 1. The highest BCUT2D eigenvalue weighted by molar-refractivity contribution is 5.86. The molecule has 0 saturated carbocycles. The predicted molar refractivity (Wildman–Crippen MR) is 74.6 cm³/mol. The highest BCUT2D eigenvalue weighted by Gasteiger charge is 2.18. The van der Waals surface area contributed by atoms with Gasteiger partial charge in [0.1, 0.15) is 0 Å². The first kappa shape index (κ1) is 19.1. The molecule has 0 bridgehead atoms. The molecule has 0 aromatic rings. The monoisotopic (exact) mass is 292 g/mol. The molecule has 3 nitrogen and oxygen atoms in total. The zero-order chi connectivity index (χ0) is 8.93. The molecule has 0 atom stereocenters. The fourth-order valence-corrected chi connectivity index (χ4v) is 2.21. The summed E-state index contributed by atoms with van der Waals surface area (Å²) in [7, 11) is 0. The maximum Gasteiger partial charge on any atom is 0.0594 e. The van der Waals surface area contributed by atoms with Gasteiger partial charge in [-0.05, 0) is 31.8 Å². The minimum atomic E-state index is 0. The SMILES string of the molecule is C1CC(CN2CCOCC2)CCN1.Cl.Cl.Cl. The molecular formula is C10H23Cl3N2O. The van der Waals surface area contributed by atoms with Gasteiger partial charge in [-0.25, -0.2) is 0 Å². The lowest BCUT2D eigenvalue weighted by atomic mass is 9.97. The number of hydrogen-bond donors (Lipinski definition) is 1. The van der Waals surface area contributed by atoms with Crippen LogP contribution in [0.4, 0.5) is 0 Å². The number of piperidine rings is 1. The molecule has 2 fully saturated rings. The molecular weight excluding hydrogens is 270 g/mol. The van der Waals surface area contributed by atoms with E-state index in [1.54, 1.807) is 0 Å². The summed E-state index contributed by atoms with van der Waals surface area (Å²) in [4.78, 5) is 2.56. The molecule has 0 aliphatic carbocycles. The second-order valence-electron chi connectivity index (χ2n) is 4.11. The van der Waals surface area contributed by atoms with E-state index < -0.39 is 0 Å². The molecule has 0 radical (unpaired) electrons. The second-order valence-corrected chi connectivity index (χ2v) is 4.11. The van der Waals surface area contributed by atoms with Crippen molar-refractivity contribution in [3.05, 3.63) is 0 Å². The van der Waals surface area contributed by atoms with Gasteiger partial charge in [0, 0.05) is 19.6 Å². The van der Waals surface area contributed by atoms with Gasteiger partial charge in [-0.3, -0.25) is 4.90 Å². The van der Waals surface area contributed by atoms with Crippen LogP contribution in [-0.2, 0) is 4.74 Å². The Kier molecular flexibility index (Phi) is 13.0. The van der Waals surface area contributed by atoms with Gasteiger partial charge in [0.05, 0.1) is 13.2 Å². The lowest BCUT2D eigenvalue weighted by Crippen LogP contribution is -2.41. The van der Waals surface area contributed by atoms with Crippen LogP contribution in [0, 0.1) is 5.92 Å². The zero-order valence-electron chi connectivity index (χ0n) is 9.52. The van der Waals surface area contributed by atoms with Crippen LogP contribution in [0.15, 0.2) is 0 Å². The van der Waals surface area contributed by atoms with E-state index in [0.29, 0.717) is 0 Å². The lowest BCUT2D eigenvalue weighted by molar-refractivity contribution is 0.0284. The second kappa shape index (κ2) is 10.9. The molecule has 0 aromatic heterocycles. The van der Waals surface area contributed by atoms with Crippen molar-refractivity contribution in [1.29, 1.82) is 0 Å². The van der Waals surface area contributed by atoms with Gasteiger partial charge in [-0.2, -0.15) is 0 Å². The summed E-state index contributed by atoms with van der Waals surface area (Å²) in [5.41, 5.74) is 0. The van der Waals surface area contributed by atoms with E-state index in [1.165, 1.54) is 32.5 Å². The average Bonchev–Trinajstić information content (AvgIpc) is 2.21. The van der Waals surface area contributed by atoms with Crippen molar-refractivity contribution in [3.8, 4) is 0 Å². The quantitative estimate of drug-likeness (QED) is 0.837. The highest BCUT2D eigenvalue weighted by Crippen LogP contribution is 2.13. The largest absolute Gasteiger partial charge is 0.379 e. The first-order valence-electron chi connectivity index (χ1n) is 5.46. The van der Waals surface area contributed by atoms with E-state index in [9.17, 15) is 0 Å². The molecule has 2 aliphatic heterocycles. The van der Waals surface area contributed by atoms with Crippen molar-refractivity contribution in [2.24, 2.45) is 5.92 Å². The molecule has 2 heterocycles. The van der Waals surface area contributed by atoms with Crippen molar-refractivity contribution in [2.75, 3.05) is 45.9 Å². The van der Waals surface area contributed by atoms with Gasteiger partial charge >= 0.3 is 0 Å². The summed E-state index contributed by atoms with van der Waals surface area (Å²) in [5.74, 6) is 0.930. The van der Waals surface area contributed by atoms with Gasteiger partial charge in [0.2, 0.25) is 0 Å². The molecule has 0 amide bonds. The average molecular weight is 294 g/mol. The number of morpholine rings is 1. The number of rotatable bonds is 2. The van der Waals surface area contributed by atoms with Gasteiger partial charge in [-0.1, -0.05) is 0 Å². The van der Waals surface area contributed by atoms with Crippen LogP contribution in [0.3, 0.4) is 0 Å². The molecule has 0 spiro atoms. The summed E-state index contributed by atoms with van der Waals surface area (Å²) in [6.07, 6.45) is 2.72. The first-order chi connectivity index (χ1) is 6.45. The molecule has 1 N–H and O–H groups in total. The normalized spacial score (nSPS) is 22.5. The van der Waals surface area contributed by atoms with Crippen LogP contribution < -0.4 is 5.32 Å². The Bertz CT molecular complexity index is 135. The number of halogens is 3. The maximum absolute atomic E-state index is 5.33. The van der Waals surface area contributed by atoms with Crippen molar-refractivity contribution < 1.29 is 4.74 Å². The van der Waals surface area contributed by atoms with Crippen LogP contribution >= 0.6 is 37.2 Å². The smallest absolute Gasteiger partial charge is 0.0594 e. The van der Waals surface area contributed by atoms with Crippen molar-refractivity contribution in [2.45, 2.75) is 12.8 Å². The van der Waals surface area contributed by atoms with E-state index in [1.807, 2.05) is 0 Å². The Morgan fingerprint density at radius 2 is 1.56 bits per heavy atom. The third kappa shape index (κ3) is 6.48. The topological polar surface area (TPSA) is 24.5 Å². The van der Waals surface area contributed by atoms with Crippen LogP contribution in [-0.4, -0.2) is 50.8 Å². The fraction of sp³-hybridized carbons (Fsp3) is 1.00. The van der Waals surface area contributed by atoms with Crippen LogP contribution in [0.2, 0.25) is 0 Å². The van der Waals surface area contributed by atoms with Gasteiger partial charge in [0.15, 0.2) is 0 Å². The van der Waals surface area contributed by atoms with Crippen LogP contribution in [0.25, 0.3) is 0 Å².